The van der Waals surface area contributed by atoms with Gasteiger partial charge in [0.2, 0.25) is 0 Å². The Morgan fingerprint density at radius 2 is 1.97 bits per heavy atom. The summed E-state index contributed by atoms with van der Waals surface area (Å²) in [4.78, 5) is 17.0. The fraction of sp³-hybridized carbons (Fsp3) is 0.400. The van der Waals surface area contributed by atoms with Crippen molar-refractivity contribution in [1.29, 1.82) is 0 Å². The number of nitrogens with one attached hydrogen (secondary N) is 1. The van der Waals surface area contributed by atoms with Crippen LogP contribution in [0, 0.1) is 0 Å². The number of ether oxygens (including phenoxy) is 1. The molecule has 2 amide bonds. The number of benzene rings is 1. The molecule has 1 aromatic carbocycles. The molecule has 6 heteroatoms. The molecule has 0 fully saturated rings. The van der Waals surface area contributed by atoms with Crippen molar-refractivity contribution in [2.24, 2.45) is 0 Å². The highest BCUT2D eigenvalue weighted by Gasteiger charge is 2.35. The van der Waals surface area contributed by atoms with Crippen LogP contribution >= 0.6 is 11.3 Å². The number of hydrogen-bond donors (Lipinski definition) is 1. The zero-order chi connectivity index (χ0) is 21.2. The molecule has 3 aromatic rings. The minimum atomic E-state index is -0.127. The van der Waals surface area contributed by atoms with Crippen LogP contribution in [0.5, 0.6) is 0 Å². The van der Waals surface area contributed by atoms with Gasteiger partial charge in [0.25, 0.3) is 0 Å². The summed E-state index contributed by atoms with van der Waals surface area (Å²) in [5.41, 5.74) is 5.11. The average molecular weight is 436 g/mol. The van der Waals surface area contributed by atoms with E-state index in [0.717, 1.165) is 30.5 Å². The number of fused-ring (bicyclic) bond motifs is 5. The van der Waals surface area contributed by atoms with Crippen LogP contribution in [0.25, 0.3) is 5.00 Å². The van der Waals surface area contributed by atoms with Crippen LogP contribution in [-0.2, 0) is 24.1 Å². The third kappa shape index (κ3) is 3.79. The third-order valence-electron chi connectivity index (χ3n) is 6.36. The van der Waals surface area contributed by atoms with Gasteiger partial charge in [0.05, 0.1) is 18.3 Å². The Morgan fingerprint density at radius 3 is 2.81 bits per heavy atom. The highest BCUT2D eigenvalue weighted by atomic mass is 32.1. The van der Waals surface area contributed by atoms with Crippen molar-refractivity contribution in [1.82, 2.24) is 14.8 Å². The quantitative estimate of drug-likeness (QED) is 0.569. The van der Waals surface area contributed by atoms with E-state index in [1.54, 1.807) is 7.11 Å². The fourth-order valence-corrected chi connectivity index (χ4v) is 6.29. The van der Waals surface area contributed by atoms with Crippen LogP contribution in [0.3, 0.4) is 0 Å². The molecule has 2 aliphatic rings. The predicted molar refractivity (Wildman–Crippen MR) is 124 cm³/mol. The van der Waals surface area contributed by atoms with Gasteiger partial charge < -0.3 is 19.5 Å². The van der Waals surface area contributed by atoms with E-state index in [-0.39, 0.29) is 12.1 Å². The van der Waals surface area contributed by atoms with E-state index in [0.29, 0.717) is 19.7 Å². The number of carbonyl (C=O) groups is 1. The summed E-state index contributed by atoms with van der Waals surface area (Å²) in [6.07, 6.45) is 7.75. The number of rotatable bonds is 5. The van der Waals surface area contributed by atoms with Crippen molar-refractivity contribution in [2.75, 3.05) is 20.3 Å². The van der Waals surface area contributed by atoms with E-state index in [4.69, 9.17) is 4.74 Å². The van der Waals surface area contributed by atoms with Crippen molar-refractivity contribution in [3.8, 4) is 5.00 Å². The summed E-state index contributed by atoms with van der Waals surface area (Å²) in [6, 6.07) is 14.5. The fourth-order valence-electron chi connectivity index (χ4n) is 4.89. The van der Waals surface area contributed by atoms with E-state index >= 15 is 0 Å². The number of urea groups is 1. The van der Waals surface area contributed by atoms with Gasteiger partial charge in [-0.1, -0.05) is 30.3 Å². The average Bonchev–Trinajstić information content (AvgIpc) is 3.39. The first-order valence-electron chi connectivity index (χ1n) is 11.2. The zero-order valence-corrected chi connectivity index (χ0v) is 18.8. The highest BCUT2D eigenvalue weighted by molar-refractivity contribution is 7.15. The van der Waals surface area contributed by atoms with Crippen LogP contribution in [0.2, 0.25) is 0 Å². The Bertz CT molecular complexity index is 1060. The molecule has 5 nitrogen and oxygen atoms in total. The number of aryl methyl sites for hydroxylation is 1. The summed E-state index contributed by atoms with van der Waals surface area (Å²) in [5.74, 6) is 0. The lowest BCUT2D eigenvalue weighted by Crippen LogP contribution is -2.42. The molecular weight excluding hydrogens is 406 g/mol. The number of nitrogens with zero attached hydrogens (tertiary/aromatic N) is 2. The normalized spacial score (nSPS) is 17.5. The van der Waals surface area contributed by atoms with Crippen molar-refractivity contribution >= 4 is 17.4 Å². The standard InChI is InChI=1S/C25H29N3O2S/c1-30-16-8-14-26-25(29)28-17-20-19-11-5-6-13-22(19)31-24(20)27-15-7-12-21(27)23(28)18-9-3-2-4-10-18/h2-4,7,9-10,12,15,23H,5-6,8,11,13-14,16-17H2,1H3,(H,26,29)/t23-/m1/s1. The number of thiophene rings is 1. The molecule has 162 valence electrons. The van der Waals surface area contributed by atoms with E-state index in [2.05, 4.69) is 52.5 Å². The van der Waals surface area contributed by atoms with Crippen molar-refractivity contribution in [3.63, 3.8) is 0 Å². The highest BCUT2D eigenvalue weighted by Crippen LogP contribution is 2.43. The first-order chi connectivity index (χ1) is 15.3. The predicted octanol–water partition coefficient (Wildman–Crippen LogP) is 5.07. The minimum absolute atomic E-state index is 0.0127. The van der Waals surface area contributed by atoms with Gasteiger partial charge in [-0.25, -0.2) is 4.79 Å². The molecule has 5 rings (SSSR count). The molecular formula is C25H29N3O2S. The Kier molecular flexibility index (Phi) is 5.83. The first-order valence-corrected chi connectivity index (χ1v) is 12.0. The van der Waals surface area contributed by atoms with Crippen molar-refractivity contribution < 1.29 is 9.53 Å². The van der Waals surface area contributed by atoms with E-state index < -0.39 is 0 Å². The van der Waals surface area contributed by atoms with Gasteiger partial charge >= 0.3 is 6.03 Å². The summed E-state index contributed by atoms with van der Waals surface area (Å²) in [7, 11) is 1.69. The number of methoxy groups -OCH3 is 1. The second kappa shape index (κ2) is 8.89. The molecule has 0 saturated heterocycles. The van der Waals surface area contributed by atoms with Gasteiger partial charge in [-0.3, -0.25) is 0 Å². The topological polar surface area (TPSA) is 46.5 Å². The lowest BCUT2D eigenvalue weighted by molar-refractivity contribution is 0.174. The number of hydrogen-bond acceptors (Lipinski definition) is 3. The second-order valence-corrected chi connectivity index (χ2v) is 9.40. The summed E-state index contributed by atoms with van der Waals surface area (Å²) in [6.45, 7) is 1.90. The van der Waals surface area contributed by atoms with Crippen LogP contribution in [0.4, 0.5) is 4.79 Å². The Hall–Kier alpha value is -2.57. The molecule has 2 aromatic heterocycles. The summed E-state index contributed by atoms with van der Waals surface area (Å²) in [5, 5.41) is 4.44. The Balaban J connectivity index is 1.59. The molecule has 0 radical (unpaired) electrons. The second-order valence-electron chi connectivity index (χ2n) is 8.32. The van der Waals surface area contributed by atoms with Gasteiger partial charge in [-0.2, -0.15) is 0 Å². The monoisotopic (exact) mass is 435 g/mol. The van der Waals surface area contributed by atoms with Gasteiger partial charge in [0.15, 0.2) is 0 Å². The molecule has 0 saturated carbocycles. The molecule has 0 bridgehead atoms. The first kappa shape index (κ1) is 20.3. The molecule has 0 spiro atoms. The zero-order valence-electron chi connectivity index (χ0n) is 18.0. The molecule has 1 atom stereocenters. The van der Waals surface area contributed by atoms with Gasteiger partial charge in [0.1, 0.15) is 5.00 Å². The number of carbonyl (C=O) groups excluding carboxylic acids is 1. The van der Waals surface area contributed by atoms with Gasteiger partial charge in [-0.05, 0) is 55.4 Å². The molecule has 1 N–H and O–H groups in total. The molecule has 0 unspecified atom stereocenters. The van der Waals surface area contributed by atoms with E-state index in [9.17, 15) is 4.79 Å². The lowest BCUT2D eigenvalue weighted by atomic mass is 9.95. The molecule has 1 aliphatic carbocycles. The minimum Gasteiger partial charge on any atom is -0.385 e. The lowest BCUT2D eigenvalue weighted by Gasteiger charge is -2.31. The SMILES string of the molecule is COCCCNC(=O)N1Cc2c(sc3c2CCCC3)-n2cccc2[C@H]1c1ccccc1. The smallest absolute Gasteiger partial charge is 0.318 e. The van der Waals surface area contributed by atoms with Crippen LogP contribution in [0.15, 0.2) is 48.7 Å². The van der Waals surface area contributed by atoms with Crippen LogP contribution in [-0.4, -0.2) is 35.8 Å². The largest absolute Gasteiger partial charge is 0.385 e. The van der Waals surface area contributed by atoms with Crippen molar-refractivity contribution in [2.45, 2.75) is 44.7 Å². The van der Waals surface area contributed by atoms with Gasteiger partial charge in [0, 0.05) is 36.9 Å². The Morgan fingerprint density at radius 1 is 1.13 bits per heavy atom. The maximum Gasteiger partial charge on any atom is 0.318 e. The summed E-state index contributed by atoms with van der Waals surface area (Å²) < 4.78 is 7.47. The summed E-state index contributed by atoms with van der Waals surface area (Å²) >= 11 is 1.92. The Labute approximate surface area is 187 Å². The maximum absolute atomic E-state index is 13.5. The van der Waals surface area contributed by atoms with Gasteiger partial charge in [-0.15, -0.1) is 11.3 Å². The third-order valence-corrected chi connectivity index (χ3v) is 7.69. The molecule has 3 heterocycles. The van der Waals surface area contributed by atoms with Crippen molar-refractivity contribution in [3.05, 3.63) is 75.9 Å². The van der Waals surface area contributed by atoms with Crippen LogP contribution in [0.1, 0.15) is 52.6 Å². The maximum atomic E-state index is 13.5. The van der Waals surface area contributed by atoms with E-state index in [1.807, 2.05) is 22.3 Å². The molecule has 1 aliphatic heterocycles. The van der Waals surface area contributed by atoms with Crippen LogP contribution < -0.4 is 5.32 Å². The van der Waals surface area contributed by atoms with E-state index in [1.165, 1.54) is 33.8 Å². The molecule has 31 heavy (non-hydrogen) atoms. The number of amides is 2. The number of aromatic nitrogens is 1.